The highest BCUT2D eigenvalue weighted by Crippen LogP contribution is 2.31. The van der Waals surface area contributed by atoms with Crippen LogP contribution in [0.15, 0.2) is 57.0 Å². The van der Waals surface area contributed by atoms with Gasteiger partial charge >= 0.3 is 18.2 Å². The number of amides is 1. The van der Waals surface area contributed by atoms with Crippen molar-refractivity contribution < 1.29 is 36.7 Å². The lowest BCUT2D eigenvalue weighted by molar-refractivity contribution is -0.159. The molecule has 35 heavy (non-hydrogen) atoms. The van der Waals surface area contributed by atoms with E-state index < -0.39 is 18.2 Å². The fourth-order valence-electron chi connectivity index (χ4n) is 2.81. The summed E-state index contributed by atoms with van der Waals surface area (Å²) in [7, 11) is 4.19. The molecule has 0 N–H and O–H groups in total. The number of benzene rings is 2. The number of hydrogen-bond acceptors (Lipinski definition) is 9. The van der Waals surface area contributed by atoms with Crippen LogP contribution >= 0.6 is 11.8 Å². The third-order valence-corrected chi connectivity index (χ3v) is 5.13. The highest BCUT2D eigenvalue weighted by Gasteiger charge is 2.38. The van der Waals surface area contributed by atoms with Gasteiger partial charge in [0.2, 0.25) is 5.82 Å². The predicted molar refractivity (Wildman–Crippen MR) is 124 cm³/mol. The van der Waals surface area contributed by atoms with Gasteiger partial charge in [0.1, 0.15) is 10.8 Å². The van der Waals surface area contributed by atoms with Gasteiger partial charge in [-0.05, 0) is 48.7 Å². The Morgan fingerprint density at radius 2 is 1.71 bits per heavy atom. The highest BCUT2D eigenvalue weighted by atomic mass is 32.2. The third kappa shape index (κ3) is 6.18. The number of nitrogens with zero attached hydrogens (tertiary/aromatic N) is 4. The van der Waals surface area contributed by atoms with Crippen LogP contribution in [0.1, 0.15) is 11.5 Å². The minimum atomic E-state index is -4.74. The average Bonchev–Trinajstić information content (AvgIpc) is 3.37. The predicted octanol–water partition coefficient (Wildman–Crippen LogP) is 5.42. The van der Waals surface area contributed by atoms with Crippen molar-refractivity contribution in [1.82, 2.24) is 10.1 Å². The van der Waals surface area contributed by atoms with Crippen LogP contribution < -0.4 is 9.47 Å². The summed E-state index contributed by atoms with van der Waals surface area (Å²) >= 11 is 1.17. The zero-order valence-electron chi connectivity index (χ0n) is 18.9. The van der Waals surface area contributed by atoms with E-state index in [1.165, 1.54) is 45.2 Å². The number of halogens is 3. The van der Waals surface area contributed by atoms with Crippen molar-refractivity contribution in [2.75, 3.05) is 27.6 Å². The highest BCUT2D eigenvalue weighted by molar-refractivity contribution is 8.15. The number of thioether (sulfide) groups is 1. The first kappa shape index (κ1) is 25.7. The molecule has 9 nitrogen and oxygen atoms in total. The van der Waals surface area contributed by atoms with Gasteiger partial charge < -0.3 is 18.7 Å². The number of carbonyl (C=O) groups excluding carboxylic acids is 1. The minimum absolute atomic E-state index is 0.218. The van der Waals surface area contributed by atoms with Crippen molar-refractivity contribution in [2.45, 2.75) is 6.18 Å². The third-order valence-electron chi connectivity index (χ3n) is 4.46. The van der Waals surface area contributed by atoms with Gasteiger partial charge in [-0.1, -0.05) is 5.16 Å². The van der Waals surface area contributed by atoms with Crippen LogP contribution in [0, 0.1) is 0 Å². The zero-order valence-corrected chi connectivity index (χ0v) is 19.7. The topological polar surface area (TPSA) is 108 Å². The summed E-state index contributed by atoms with van der Waals surface area (Å²) in [4.78, 5) is 23.8. The Labute approximate surface area is 202 Å². The Bertz CT molecular complexity index is 1260. The summed E-state index contributed by atoms with van der Waals surface area (Å²) in [6.45, 7) is 0. The lowest BCUT2D eigenvalue weighted by Crippen LogP contribution is -2.14. The summed E-state index contributed by atoms with van der Waals surface area (Å²) in [5.41, 5.74) is 1.61. The molecule has 0 spiro atoms. The van der Waals surface area contributed by atoms with Crippen molar-refractivity contribution in [1.29, 1.82) is 0 Å². The van der Waals surface area contributed by atoms with Crippen LogP contribution in [0.5, 0.6) is 11.5 Å². The van der Waals surface area contributed by atoms with Gasteiger partial charge in [0.25, 0.3) is 0 Å². The van der Waals surface area contributed by atoms with Crippen LogP contribution in [0.3, 0.4) is 0 Å². The van der Waals surface area contributed by atoms with Crippen molar-refractivity contribution >= 4 is 34.3 Å². The summed E-state index contributed by atoms with van der Waals surface area (Å²) in [6.07, 6.45) is -3.83. The number of carbonyl (C=O) groups is 1. The molecule has 3 aromatic rings. The van der Waals surface area contributed by atoms with Gasteiger partial charge in [0.15, 0.2) is 11.5 Å². The zero-order chi connectivity index (χ0) is 25.6. The van der Waals surface area contributed by atoms with Crippen molar-refractivity contribution in [2.24, 2.45) is 9.98 Å². The number of ether oxygens (including phenoxy) is 3. The smallest absolute Gasteiger partial charge is 0.471 e. The molecule has 0 radical (unpaired) electrons. The molecule has 13 heteroatoms. The maximum absolute atomic E-state index is 12.7. The number of alkyl halides is 3. The molecule has 0 aliphatic heterocycles. The van der Waals surface area contributed by atoms with E-state index in [0.29, 0.717) is 34.0 Å². The molecule has 3 rings (SSSR count). The SMILES string of the molecule is COC(=O)N=C(SC)C(=Nc1ccc(-c2noc(C(F)(F)F)n2)cc1)c1ccc(OC)c(OC)c1. The van der Waals surface area contributed by atoms with Gasteiger partial charge in [-0.25, -0.2) is 9.79 Å². The van der Waals surface area contributed by atoms with Gasteiger partial charge in [0, 0.05) is 11.1 Å². The van der Waals surface area contributed by atoms with Gasteiger partial charge in [-0.2, -0.15) is 23.1 Å². The summed E-state index contributed by atoms with van der Waals surface area (Å²) in [5, 5.41) is 3.63. The first-order valence-corrected chi connectivity index (χ1v) is 11.0. The maximum Gasteiger partial charge on any atom is 0.471 e. The van der Waals surface area contributed by atoms with E-state index in [2.05, 4.69) is 29.4 Å². The first-order valence-electron chi connectivity index (χ1n) is 9.73. The van der Waals surface area contributed by atoms with Crippen LogP contribution in [-0.4, -0.2) is 54.6 Å². The van der Waals surface area contributed by atoms with Gasteiger partial charge in [-0.3, -0.25) is 0 Å². The largest absolute Gasteiger partial charge is 0.493 e. The van der Waals surface area contributed by atoms with E-state index in [4.69, 9.17) is 9.47 Å². The number of rotatable bonds is 6. The maximum atomic E-state index is 12.7. The van der Waals surface area contributed by atoms with E-state index in [1.807, 2.05) is 0 Å². The second-order valence-corrected chi connectivity index (χ2v) is 7.38. The monoisotopic (exact) mass is 508 g/mol. The number of aromatic nitrogens is 2. The molecular formula is C22H19F3N4O5S. The lowest BCUT2D eigenvalue weighted by atomic mass is 10.1. The second kappa shape index (κ2) is 11.0. The van der Waals surface area contributed by atoms with E-state index in [-0.39, 0.29) is 10.9 Å². The Kier molecular flexibility index (Phi) is 8.12. The molecule has 1 aromatic heterocycles. The average molecular weight is 508 g/mol. The van der Waals surface area contributed by atoms with Gasteiger partial charge in [0.05, 0.1) is 27.0 Å². The Morgan fingerprint density at radius 1 is 1.03 bits per heavy atom. The first-order chi connectivity index (χ1) is 16.7. The molecular weight excluding hydrogens is 489 g/mol. The molecule has 184 valence electrons. The molecule has 1 heterocycles. The molecule has 0 saturated carbocycles. The molecule has 0 saturated heterocycles. The molecule has 0 unspecified atom stereocenters. The normalized spacial score (nSPS) is 12.4. The molecule has 0 fully saturated rings. The summed E-state index contributed by atoms with van der Waals surface area (Å²) in [6, 6.07) is 11.2. The molecule has 2 aromatic carbocycles. The molecule has 0 aliphatic rings. The standard InChI is InChI=1S/C22H19F3N4O5S/c1-31-15-10-7-13(11-16(15)32-2)17(19(35-4)28-21(30)33-3)26-14-8-5-12(6-9-14)18-27-20(34-29-18)22(23,24)25/h5-11H,1-4H3. The van der Waals surface area contributed by atoms with E-state index in [1.54, 1.807) is 36.6 Å². The number of hydrogen-bond donors (Lipinski definition) is 0. The lowest BCUT2D eigenvalue weighted by Gasteiger charge is -2.12. The van der Waals surface area contributed by atoms with Crippen molar-refractivity contribution in [3.05, 3.63) is 53.9 Å². The molecule has 0 atom stereocenters. The molecule has 1 amide bonds. The minimum Gasteiger partial charge on any atom is -0.493 e. The van der Waals surface area contributed by atoms with Crippen LogP contribution in [0.2, 0.25) is 0 Å². The van der Waals surface area contributed by atoms with E-state index in [9.17, 15) is 18.0 Å². The van der Waals surface area contributed by atoms with Crippen molar-refractivity contribution in [3.63, 3.8) is 0 Å². The van der Waals surface area contributed by atoms with Gasteiger partial charge in [-0.15, -0.1) is 11.8 Å². The second-order valence-electron chi connectivity index (χ2n) is 6.59. The quantitative estimate of drug-likeness (QED) is 0.321. The molecule has 0 aliphatic carbocycles. The van der Waals surface area contributed by atoms with Crippen LogP contribution in [-0.2, 0) is 10.9 Å². The molecule has 0 bridgehead atoms. The van der Waals surface area contributed by atoms with E-state index in [0.717, 1.165) is 0 Å². The number of aliphatic imine (C=N–C) groups is 2. The summed E-state index contributed by atoms with van der Waals surface area (Å²) in [5.74, 6) is -0.725. The van der Waals surface area contributed by atoms with E-state index >= 15 is 0 Å². The Morgan fingerprint density at radius 3 is 2.26 bits per heavy atom. The number of methoxy groups -OCH3 is 3. The van der Waals surface area contributed by atoms with Crippen LogP contribution in [0.4, 0.5) is 23.7 Å². The fraction of sp³-hybridized carbons (Fsp3) is 0.227. The fourth-order valence-corrected chi connectivity index (χ4v) is 3.34. The van der Waals surface area contributed by atoms with Crippen molar-refractivity contribution in [3.8, 4) is 22.9 Å². The Balaban J connectivity index is 2.05. The van der Waals surface area contributed by atoms with Crippen LogP contribution in [0.25, 0.3) is 11.4 Å². The summed E-state index contributed by atoms with van der Waals surface area (Å²) < 4.78 is 57.8. The Hall–Kier alpha value is -3.87.